The summed E-state index contributed by atoms with van der Waals surface area (Å²) in [5, 5.41) is 2.59. The minimum atomic E-state index is -3.72. The van der Waals surface area contributed by atoms with Crippen LogP contribution in [-0.4, -0.2) is 38.3 Å². The zero-order chi connectivity index (χ0) is 21.0. The molecule has 1 amide bonds. The predicted molar refractivity (Wildman–Crippen MR) is 109 cm³/mol. The van der Waals surface area contributed by atoms with Crippen LogP contribution in [0.5, 0.6) is 5.75 Å². The molecule has 1 saturated heterocycles. The fourth-order valence-corrected chi connectivity index (χ4v) is 4.92. The summed E-state index contributed by atoms with van der Waals surface area (Å²) in [5.41, 5.74) is 0.368. The van der Waals surface area contributed by atoms with Gasteiger partial charge in [-0.15, -0.1) is 0 Å². The van der Waals surface area contributed by atoms with E-state index in [1.807, 2.05) is 6.92 Å². The molecule has 1 aliphatic heterocycles. The fourth-order valence-electron chi connectivity index (χ4n) is 3.22. The van der Waals surface area contributed by atoms with E-state index in [0.717, 1.165) is 0 Å². The summed E-state index contributed by atoms with van der Waals surface area (Å²) in [6.07, 6.45) is 1.13. The maximum absolute atomic E-state index is 13.3. The highest BCUT2D eigenvalue weighted by Crippen LogP contribution is 2.26. The van der Waals surface area contributed by atoms with E-state index in [9.17, 15) is 17.6 Å². The highest BCUT2D eigenvalue weighted by Gasteiger charge is 2.33. The molecular weight excluding hydrogens is 419 g/mol. The predicted octanol–water partition coefficient (Wildman–Crippen LogP) is 3.92. The molecule has 1 atom stereocenters. The average molecular weight is 441 g/mol. The SMILES string of the molecule is CCOc1ccc(S(=O)(=O)N2CCC[C@H](C(=O)Nc3ccc(F)c(Cl)c3)C2)cc1. The Hall–Kier alpha value is -2.16. The van der Waals surface area contributed by atoms with Crippen molar-refractivity contribution < 1.29 is 22.3 Å². The second-order valence-electron chi connectivity index (χ2n) is 6.72. The van der Waals surface area contributed by atoms with E-state index in [-0.39, 0.29) is 22.4 Å². The number of anilines is 1. The molecule has 1 heterocycles. The summed E-state index contributed by atoms with van der Waals surface area (Å²) >= 11 is 5.74. The fraction of sp³-hybridized carbons (Fsp3) is 0.350. The quantitative estimate of drug-likeness (QED) is 0.738. The zero-order valence-corrected chi connectivity index (χ0v) is 17.5. The molecule has 29 heavy (non-hydrogen) atoms. The van der Waals surface area contributed by atoms with Crippen LogP contribution in [0.4, 0.5) is 10.1 Å². The lowest BCUT2D eigenvalue weighted by Gasteiger charge is -2.31. The van der Waals surface area contributed by atoms with Crippen molar-refractivity contribution in [3.05, 3.63) is 53.3 Å². The Morgan fingerprint density at radius 1 is 1.28 bits per heavy atom. The third-order valence-electron chi connectivity index (χ3n) is 4.71. The Morgan fingerprint density at radius 2 is 2.00 bits per heavy atom. The molecule has 9 heteroatoms. The van der Waals surface area contributed by atoms with Gasteiger partial charge >= 0.3 is 0 Å². The van der Waals surface area contributed by atoms with Gasteiger partial charge in [0.2, 0.25) is 15.9 Å². The van der Waals surface area contributed by atoms with Gasteiger partial charge < -0.3 is 10.1 Å². The number of sulfonamides is 1. The van der Waals surface area contributed by atoms with Crippen LogP contribution in [0, 0.1) is 11.7 Å². The second-order valence-corrected chi connectivity index (χ2v) is 9.07. The number of halogens is 2. The molecule has 2 aromatic rings. The molecule has 1 N–H and O–H groups in total. The molecule has 0 radical (unpaired) electrons. The maximum atomic E-state index is 13.3. The van der Waals surface area contributed by atoms with E-state index in [1.165, 1.54) is 34.6 Å². The van der Waals surface area contributed by atoms with Crippen molar-refractivity contribution in [2.45, 2.75) is 24.7 Å². The summed E-state index contributed by atoms with van der Waals surface area (Å²) in [6, 6.07) is 10.1. The van der Waals surface area contributed by atoms with Gasteiger partial charge in [0, 0.05) is 18.8 Å². The molecule has 0 aromatic heterocycles. The van der Waals surface area contributed by atoms with Crippen molar-refractivity contribution in [2.75, 3.05) is 25.0 Å². The standard InChI is InChI=1S/C20H22ClFN2O4S/c1-2-28-16-6-8-17(9-7-16)29(26,27)24-11-3-4-14(13-24)20(25)23-15-5-10-19(22)18(21)12-15/h5-10,12,14H,2-4,11,13H2,1H3,(H,23,25)/t14-/m0/s1. The number of nitrogens with one attached hydrogen (secondary N) is 1. The monoisotopic (exact) mass is 440 g/mol. The molecule has 0 unspecified atom stereocenters. The van der Waals surface area contributed by atoms with E-state index in [0.29, 0.717) is 37.4 Å². The van der Waals surface area contributed by atoms with E-state index in [2.05, 4.69) is 5.32 Å². The first-order valence-electron chi connectivity index (χ1n) is 9.30. The first kappa shape index (κ1) is 21.5. The lowest BCUT2D eigenvalue weighted by molar-refractivity contribution is -0.120. The molecule has 6 nitrogen and oxygen atoms in total. The Kier molecular flexibility index (Phi) is 6.77. The van der Waals surface area contributed by atoms with Crippen LogP contribution in [-0.2, 0) is 14.8 Å². The van der Waals surface area contributed by atoms with Crippen molar-refractivity contribution in [1.82, 2.24) is 4.31 Å². The lowest BCUT2D eigenvalue weighted by Crippen LogP contribution is -2.43. The third-order valence-corrected chi connectivity index (χ3v) is 6.88. The average Bonchev–Trinajstić information content (AvgIpc) is 2.71. The summed E-state index contributed by atoms with van der Waals surface area (Å²) in [7, 11) is -3.72. The van der Waals surface area contributed by atoms with Crippen molar-refractivity contribution in [3.63, 3.8) is 0 Å². The number of ether oxygens (including phenoxy) is 1. The first-order chi connectivity index (χ1) is 13.8. The molecule has 1 aliphatic rings. The molecule has 1 fully saturated rings. The first-order valence-corrected chi connectivity index (χ1v) is 11.1. The van der Waals surface area contributed by atoms with Crippen molar-refractivity contribution in [2.24, 2.45) is 5.92 Å². The Balaban J connectivity index is 1.70. The van der Waals surface area contributed by atoms with Crippen LogP contribution in [0.2, 0.25) is 5.02 Å². The van der Waals surface area contributed by atoms with Gasteiger partial charge in [-0.05, 0) is 62.2 Å². The van der Waals surface area contributed by atoms with E-state index in [4.69, 9.17) is 16.3 Å². The van der Waals surface area contributed by atoms with Gasteiger partial charge in [0.15, 0.2) is 0 Å². The molecule has 0 aliphatic carbocycles. The summed E-state index contributed by atoms with van der Waals surface area (Å²) in [6.45, 7) is 2.77. The van der Waals surface area contributed by atoms with Gasteiger partial charge in [-0.2, -0.15) is 4.31 Å². The number of nitrogens with zero attached hydrogens (tertiary/aromatic N) is 1. The van der Waals surface area contributed by atoms with Gasteiger partial charge in [-0.1, -0.05) is 11.6 Å². The normalized spacial score (nSPS) is 17.7. The molecular formula is C20H22ClFN2O4S. The summed E-state index contributed by atoms with van der Waals surface area (Å²) in [5.74, 6) is -0.806. The van der Waals surface area contributed by atoms with Gasteiger partial charge in [-0.25, -0.2) is 12.8 Å². The van der Waals surface area contributed by atoms with Crippen LogP contribution in [0.1, 0.15) is 19.8 Å². The number of carbonyl (C=O) groups excluding carboxylic acids is 1. The van der Waals surface area contributed by atoms with Gasteiger partial charge in [-0.3, -0.25) is 4.79 Å². The van der Waals surface area contributed by atoms with Crippen LogP contribution in [0.3, 0.4) is 0 Å². The molecule has 2 aromatic carbocycles. The summed E-state index contributed by atoms with van der Waals surface area (Å²) < 4.78 is 45.9. The van der Waals surface area contributed by atoms with Crippen LogP contribution in [0.15, 0.2) is 47.4 Å². The molecule has 156 valence electrons. The van der Waals surface area contributed by atoms with Crippen LogP contribution < -0.4 is 10.1 Å². The highest BCUT2D eigenvalue weighted by molar-refractivity contribution is 7.89. The topological polar surface area (TPSA) is 75.7 Å². The Bertz CT molecular complexity index is 982. The number of benzene rings is 2. The van der Waals surface area contributed by atoms with Crippen molar-refractivity contribution in [3.8, 4) is 5.75 Å². The van der Waals surface area contributed by atoms with E-state index in [1.54, 1.807) is 12.1 Å². The van der Waals surface area contributed by atoms with Gasteiger partial charge in [0.1, 0.15) is 11.6 Å². The summed E-state index contributed by atoms with van der Waals surface area (Å²) in [4.78, 5) is 12.8. The minimum absolute atomic E-state index is 0.0797. The molecule has 3 rings (SSSR count). The minimum Gasteiger partial charge on any atom is -0.494 e. The van der Waals surface area contributed by atoms with Gasteiger partial charge in [0.25, 0.3) is 0 Å². The number of hydrogen-bond donors (Lipinski definition) is 1. The Morgan fingerprint density at radius 3 is 2.66 bits per heavy atom. The molecule has 0 spiro atoms. The van der Waals surface area contributed by atoms with Crippen LogP contribution >= 0.6 is 11.6 Å². The highest BCUT2D eigenvalue weighted by atomic mass is 35.5. The third kappa shape index (κ3) is 5.07. The number of amides is 1. The number of piperidine rings is 1. The lowest BCUT2D eigenvalue weighted by atomic mass is 9.99. The maximum Gasteiger partial charge on any atom is 0.243 e. The smallest absolute Gasteiger partial charge is 0.243 e. The van der Waals surface area contributed by atoms with E-state index >= 15 is 0 Å². The second kappa shape index (κ2) is 9.11. The number of rotatable bonds is 6. The molecule has 0 saturated carbocycles. The van der Waals surface area contributed by atoms with Gasteiger partial charge in [0.05, 0.1) is 22.4 Å². The largest absolute Gasteiger partial charge is 0.494 e. The number of carbonyl (C=O) groups is 1. The Labute approximate surface area is 174 Å². The zero-order valence-electron chi connectivity index (χ0n) is 15.9. The van der Waals surface area contributed by atoms with Crippen molar-refractivity contribution >= 4 is 33.2 Å². The molecule has 0 bridgehead atoms. The number of hydrogen-bond acceptors (Lipinski definition) is 4. The van der Waals surface area contributed by atoms with Crippen molar-refractivity contribution in [1.29, 1.82) is 0 Å². The van der Waals surface area contributed by atoms with E-state index < -0.39 is 21.8 Å². The van der Waals surface area contributed by atoms with Crippen LogP contribution in [0.25, 0.3) is 0 Å².